The van der Waals surface area contributed by atoms with Crippen LogP contribution in [-0.4, -0.2) is 60.5 Å². The van der Waals surface area contributed by atoms with Gasteiger partial charge < -0.3 is 20.4 Å². The van der Waals surface area contributed by atoms with Gasteiger partial charge in [0.2, 0.25) is 0 Å². The van der Waals surface area contributed by atoms with E-state index in [1.165, 1.54) is 0 Å². The molecule has 0 radical (unpaired) electrons. The summed E-state index contributed by atoms with van der Waals surface area (Å²) in [6.45, 7) is 3.84. The quantitative estimate of drug-likeness (QED) is 0.647. The van der Waals surface area contributed by atoms with E-state index in [0.717, 1.165) is 58.3 Å². The SMILES string of the molecule is CN1CCCC(O)(C2(CO)CCCNC2)CC1. The van der Waals surface area contributed by atoms with Crippen LogP contribution in [0, 0.1) is 5.41 Å². The van der Waals surface area contributed by atoms with Gasteiger partial charge >= 0.3 is 0 Å². The number of hydrogen-bond donors (Lipinski definition) is 3. The molecule has 0 spiro atoms. The van der Waals surface area contributed by atoms with Crippen molar-refractivity contribution in [1.82, 2.24) is 10.2 Å². The molecule has 2 unspecified atom stereocenters. The summed E-state index contributed by atoms with van der Waals surface area (Å²) in [5.74, 6) is 0. The van der Waals surface area contributed by atoms with Crippen LogP contribution in [0.25, 0.3) is 0 Å². The average Bonchev–Trinajstić information content (AvgIpc) is 2.53. The standard InChI is InChI=1S/C13H26N2O2/c1-15-8-3-5-13(17,6-9-15)12(11-16)4-2-7-14-10-12/h14,16-17H,2-11H2,1H3. The molecular weight excluding hydrogens is 216 g/mol. The van der Waals surface area contributed by atoms with Crippen molar-refractivity contribution in [3.05, 3.63) is 0 Å². The Balaban J connectivity index is 2.15. The van der Waals surface area contributed by atoms with Crippen molar-refractivity contribution >= 4 is 0 Å². The number of hydrogen-bond acceptors (Lipinski definition) is 4. The van der Waals surface area contributed by atoms with E-state index in [1.54, 1.807) is 0 Å². The highest BCUT2D eigenvalue weighted by Crippen LogP contribution is 2.43. The summed E-state index contributed by atoms with van der Waals surface area (Å²) in [4.78, 5) is 2.28. The molecule has 4 nitrogen and oxygen atoms in total. The van der Waals surface area contributed by atoms with Gasteiger partial charge in [-0.25, -0.2) is 0 Å². The highest BCUT2D eigenvalue weighted by molar-refractivity contribution is 5.02. The Morgan fingerprint density at radius 1 is 1.18 bits per heavy atom. The molecule has 100 valence electrons. The molecule has 0 aliphatic carbocycles. The molecule has 2 atom stereocenters. The van der Waals surface area contributed by atoms with Gasteiger partial charge in [0.05, 0.1) is 12.2 Å². The van der Waals surface area contributed by atoms with Crippen LogP contribution < -0.4 is 5.32 Å². The summed E-state index contributed by atoms with van der Waals surface area (Å²) in [6, 6.07) is 0. The number of nitrogens with one attached hydrogen (secondary N) is 1. The molecule has 0 aromatic carbocycles. The zero-order valence-electron chi connectivity index (χ0n) is 10.9. The van der Waals surface area contributed by atoms with Crippen molar-refractivity contribution in [3.8, 4) is 0 Å². The Morgan fingerprint density at radius 2 is 2.00 bits per heavy atom. The highest BCUT2D eigenvalue weighted by Gasteiger charge is 2.50. The minimum Gasteiger partial charge on any atom is -0.396 e. The van der Waals surface area contributed by atoms with Crippen LogP contribution >= 0.6 is 0 Å². The van der Waals surface area contributed by atoms with Crippen LogP contribution in [-0.2, 0) is 0 Å². The number of nitrogens with zero attached hydrogens (tertiary/aromatic N) is 1. The van der Waals surface area contributed by atoms with Crippen molar-refractivity contribution in [3.63, 3.8) is 0 Å². The molecule has 2 saturated heterocycles. The fourth-order valence-corrected chi connectivity index (χ4v) is 3.43. The second kappa shape index (κ2) is 5.22. The zero-order valence-corrected chi connectivity index (χ0v) is 10.9. The Hall–Kier alpha value is -0.160. The molecule has 2 aliphatic heterocycles. The lowest BCUT2D eigenvalue weighted by Gasteiger charge is -2.48. The third kappa shape index (κ3) is 2.50. The minimum absolute atomic E-state index is 0.0974. The normalized spacial score (nSPS) is 41.1. The molecule has 0 aromatic heterocycles. The van der Waals surface area contributed by atoms with Gasteiger partial charge in [0.1, 0.15) is 0 Å². The summed E-state index contributed by atoms with van der Waals surface area (Å²) >= 11 is 0. The maximum absolute atomic E-state index is 11.0. The Bertz CT molecular complexity index is 254. The average molecular weight is 242 g/mol. The highest BCUT2D eigenvalue weighted by atomic mass is 16.3. The molecule has 2 aliphatic rings. The van der Waals surface area contributed by atoms with Crippen LogP contribution in [0.3, 0.4) is 0 Å². The number of likely N-dealkylation sites (tertiary alicyclic amines) is 1. The van der Waals surface area contributed by atoms with E-state index in [0.29, 0.717) is 0 Å². The van der Waals surface area contributed by atoms with Crippen molar-refractivity contribution in [2.75, 3.05) is 39.8 Å². The number of aliphatic hydroxyl groups excluding tert-OH is 1. The number of rotatable bonds is 2. The van der Waals surface area contributed by atoms with Crippen LogP contribution in [0.2, 0.25) is 0 Å². The van der Waals surface area contributed by atoms with Crippen LogP contribution in [0.4, 0.5) is 0 Å². The lowest BCUT2D eigenvalue weighted by molar-refractivity contribution is -0.127. The molecule has 2 fully saturated rings. The van der Waals surface area contributed by atoms with Gasteiger partial charge in [0.25, 0.3) is 0 Å². The second-order valence-electron chi connectivity index (χ2n) is 5.91. The molecule has 0 saturated carbocycles. The summed E-state index contributed by atoms with van der Waals surface area (Å²) in [5.41, 5.74) is -1.02. The second-order valence-corrected chi connectivity index (χ2v) is 5.91. The lowest BCUT2D eigenvalue weighted by Crippen LogP contribution is -2.58. The van der Waals surface area contributed by atoms with Gasteiger partial charge in [0, 0.05) is 18.5 Å². The van der Waals surface area contributed by atoms with Gasteiger partial charge in [-0.1, -0.05) is 0 Å². The van der Waals surface area contributed by atoms with E-state index >= 15 is 0 Å². The maximum atomic E-state index is 11.0. The largest absolute Gasteiger partial charge is 0.396 e. The van der Waals surface area contributed by atoms with Gasteiger partial charge in [-0.2, -0.15) is 0 Å². The third-order valence-corrected chi connectivity index (χ3v) is 4.80. The van der Waals surface area contributed by atoms with Gasteiger partial charge in [-0.15, -0.1) is 0 Å². The van der Waals surface area contributed by atoms with Crippen molar-refractivity contribution < 1.29 is 10.2 Å². The fraction of sp³-hybridized carbons (Fsp3) is 1.00. The first-order chi connectivity index (χ1) is 8.12. The topological polar surface area (TPSA) is 55.7 Å². The lowest BCUT2D eigenvalue weighted by atomic mass is 9.65. The van der Waals surface area contributed by atoms with E-state index in [9.17, 15) is 10.2 Å². The molecule has 3 N–H and O–H groups in total. The number of piperidine rings is 1. The van der Waals surface area contributed by atoms with E-state index in [2.05, 4.69) is 17.3 Å². The molecule has 17 heavy (non-hydrogen) atoms. The first kappa shape index (κ1) is 13.3. The maximum Gasteiger partial charge on any atom is 0.0750 e. The van der Waals surface area contributed by atoms with E-state index in [4.69, 9.17) is 0 Å². The fourth-order valence-electron chi connectivity index (χ4n) is 3.43. The van der Waals surface area contributed by atoms with Crippen LogP contribution in [0.1, 0.15) is 32.1 Å². The molecule has 2 rings (SSSR count). The van der Waals surface area contributed by atoms with Crippen molar-refractivity contribution in [2.45, 2.75) is 37.7 Å². The van der Waals surface area contributed by atoms with Crippen LogP contribution in [0.15, 0.2) is 0 Å². The summed E-state index contributed by atoms with van der Waals surface area (Å²) < 4.78 is 0. The molecule has 2 heterocycles. The van der Waals surface area contributed by atoms with Gasteiger partial charge in [0.15, 0.2) is 0 Å². The summed E-state index contributed by atoms with van der Waals surface area (Å²) in [5, 5.41) is 24.2. The van der Waals surface area contributed by atoms with Crippen molar-refractivity contribution in [1.29, 1.82) is 0 Å². The summed E-state index contributed by atoms with van der Waals surface area (Å²) in [7, 11) is 2.11. The third-order valence-electron chi connectivity index (χ3n) is 4.80. The van der Waals surface area contributed by atoms with Gasteiger partial charge in [-0.05, 0) is 52.2 Å². The Labute approximate surface area is 104 Å². The monoisotopic (exact) mass is 242 g/mol. The molecule has 4 heteroatoms. The molecular formula is C13H26N2O2. The predicted octanol–water partition coefficient (Wildman–Crippen LogP) is 0.195. The molecule has 0 amide bonds. The van der Waals surface area contributed by atoms with Crippen molar-refractivity contribution in [2.24, 2.45) is 5.41 Å². The Morgan fingerprint density at radius 3 is 2.65 bits per heavy atom. The minimum atomic E-state index is -0.695. The van der Waals surface area contributed by atoms with Crippen LogP contribution in [0.5, 0.6) is 0 Å². The zero-order chi connectivity index (χ0) is 12.4. The Kier molecular flexibility index (Phi) is 4.08. The predicted molar refractivity (Wildman–Crippen MR) is 67.9 cm³/mol. The summed E-state index contributed by atoms with van der Waals surface area (Å²) in [6.07, 6.45) is 4.62. The smallest absolute Gasteiger partial charge is 0.0750 e. The van der Waals surface area contributed by atoms with E-state index < -0.39 is 5.60 Å². The molecule has 0 bridgehead atoms. The first-order valence-corrected chi connectivity index (χ1v) is 6.84. The first-order valence-electron chi connectivity index (χ1n) is 6.84. The van der Waals surface area contributed by atoms with Gasteiger partial charge in [-0.3, -0.25) is 0 Å². The van der Waals surface area contributed by atoms with E-state index in [1.807, 2.05) is 0 Å². The van der Waals surface area contributed by atoms with E-state index in [-0.39, 0.29) is 12.0 Å². The molecule has 0 aromatic rings. The number of aliphatic hydroxyl groups is 2.